The minimum absolute atomic E-state index is 0.200. The van der Waals surface area contributed by atoms with Gasteiger partial charge in [-0.05, 0) is 49.2 Å². The maximum absolute atomic E-state index is 12.6. The number of benzene rings is 2. The van der Waals surface area contributed by atoms with Crippen LogP contribution in [0.25, 0.3) is 0 Å². The normalized spacial score (nSPS) is 16.6. The zero-order valence-corrected chi connectivity index (χ0v) is 17.8. The van der Waals surface area contributed by atoms with Crippen molar-refractivity contribution in [3.63, 3.8) is 0 Å². The largest absolute Gasteiger partial charge is 0.497 e. The second-order valence-electron chi connectivity index (χ2n) is 7.70. The van der Waals surface area contributed by atoms with Gasteiger partial charge in [0.1, 0.15) is 11.5 Å². The van der Waals surface area contributed by atoms with Crippen LogP contribution in [0.1, 0.15) is 40.6 Å². The second-order valence-corrected chi connectivity index (χ2v) is 7.70. The first-order valence-corrected chi connectivity index (χ1v) is 10.4. The Morgan fingerprint density at radius 1 is 1.16 bits per heavy atom. The average molecular weight is 421 g/mol. The van der Waals surface area contributed by atoms with Gasteiger partial charge >= 0.3 is 0 Å². The van der Waals surface area contributed by atoms with Crippen molar-refractivity contribution in [3.8, 4) is 11.5 Å². The number of rotatable bonds is 7. The first kappa shape index (κ1) is 20.9. The molecule has 1 fully saturated rings. The number of anilines is 1. The van der Waals surface area contributed by atoms with Crippen LogP contribution >= 0.6 is 0 Å². The fourth-order valence-corrected chi connectivity index (χ4v) is 3.99. The number of likely N-dealkylation sites (tertiary alicyclic amines) is 1. The predicted octanol–water partition coefficient (Wildman–Crippen LogP) is 4.32. The third-order valence-corrected chi connectivity index (χ3v) is 5.57. The van der Waals surface area contributed by atoms with Crippen molar-refractivity contribution in [2.45, 2.75) is 25.3 Å². The lowest BCUT2D eigenvalue weighted by Crippen LogP contribution is -2.34. The highest BCUT2D eigenvalue weighted by Gasteiger charge is 2.25. The molecule has 1 saturated heterocycles. The Morgan fingerprint density at radius 2 is 2.03 bits per heavy atom. The second kappa shape index (κ2) is 9.66. The number of piperidine rings is 1. The van der Waals surface area contributed by atoms with Crippen LogP contribution in [-0.2, 0) is 6.54 Å². The van der Waals surface area contributed by atoms with Gasteiger partial charge in [0, 0.05) is 25.1 Å². The number of ether oxygens (including phenoxy) is 2. The molecule has 31 heavy (non-hydrogen) atoms. The number of methoxy groups -OCH3 is 2. The molecule has 1 aromatic heterocycles. The monoisotopic (exact) mass is 421 g/mol. The molecule has 0 saturated carbocycles. The topological polar surface area (TPSA) is 76.8 Å². The third-order valence-electron chi connectivity index (χ3n) is 5.57. The number of nitrogens with one attached hydrogen (secondary N) is 1. The lowest BCUT2D eigenvalue weighted by atomic mass is 9.94. The van der Waals surface area contributed by atoms with Crippen molar-refractivity contribution in [2.24, 2.45) is 0 Å². The standard InChI is InChI=1S/C24H27N3O4/c1-29-19-9-5-7-17(13-19)15-27-12-6-8-18(16-27)21-14-23(31-26-21)24(28)25-20-10-3-4-11-22(20)30-2/h3-5,7,9-11,13-14,18H,6,8,12,15-16H2,1-2H3,(H,25,28)/t18-/m0/s1. The number of amides is 1. The number of hydrogen-bond acceptors (Lipinski definition) is 6. The maximum Gasteiger partial charge on any atom is 0.294 e. The Hall–Kier alpha value is -3.32. The van der Waals surface area contributed by atoms with Crippen molar-refractivity contribution >= 4 is 11.6 Å². The summed E-state index contributed by atoms with van der Waals surface area (Å²) in [6.45, 7) is 2.76. The summed E-state index contributed by atoms with van der Waals surface area (Å²) in [5.41, 5.74) is 2.63. The molecular formula is C24H27N3O4. The Morgan fingerprint density at radius 3 is 2.87 bits per heavy atom. The van der Waals surface area contributed by atoms with Gasteiger partial charge in [0.15, 0.2) is 0 Å². The van der Waals surface area contributed by atoms with E-state index in [0.29, 0.717) is 11.4 Å². The fraction of sp³-hybridized carbons (Fsp3) is 0.333. The van der Waals surface area contributed by atoms with Gasteiger partial charge in [0.2, 0.25) is 5.76 Å². The van der Waals surface area contributed by atoms with Crippen LogP contribution in [-0.4, -0.2) is 43.3 Å². The molecule has 1 amide bonds. The van der Waals surface area contributed by atoms with Crippen LogP contribution in [0.15, 0.2) is 59.1 Å². The predicted molar refractivity (Wildman–Crippen MR) is 118 cm³/mol. The third kappa shape index (κ3) is 5.06. The Labute approximate surface area is 181 Å². The molecule has 1 aliphatic rings. The Kier molecular flexibility index (Phi) is 6.52. The van der Waals surface area contributed by atoms with E-state index in [1.54, 1.807) is 32.4 Å². The first-order valence-electron chi connectivity index (χ1n) is 10.4. The molecule has 1 atom stereocenters. The summed E-state index contributed by atoms with van der Waals surface area (Å²) in [6.07, 6.45) is 2.10. The van der Waals surface area contributed by atoms with Gasteiger partial charge in [0.25, 0.3) is 5.91 Å². The SMILES string of the molecule is COc1cccc(CN2CCC[C@H](c3cc(C(=O)Nc4ccccc4OC)on3)C2)c1. The molecule has 4 rings (SSSR count). The Balaban J connectivity index is 1.40. The molecule has 0 unspecified atom stereocenters. The van der Waals surface area contributed by atoms with Crippen molar-refractivity contribution in [3.05, 3.63) is 71.6 Å². The minimum atomic E-state index is -0.340. The quantitative estimate of drug-likeness (QED) is 0.612. The average Bonchev–Trinajstić information content (AvgIpc) is 3.30. The summed E-state index contributed by atoms with van der Waals surface area (Å²) in [4.78, 5) is 15.0. The molecule has 0 aliphatic carbocycles. The molecule has 0 bridgehead atoms. The lowest BCUT2D eigenvalue weighted by molar-refractivity contribution is 0.0987. The lowest BCUT2D eigenvalue weighted by Gasteiger charge is -2.31. The van der Waals surface area contributed by atoms with Crippen molar-refractivity contribution in [1.29, 1.82) is 0 Å². The zero-order valence-electron chi connectivity index (χ0n) is 17.8. The van der Waals surface area contributed by atoms with Gasteiger partial charge < -0.3 is 19.3 Å². The molecular weight excluding hydrogens is 394 g/mol. The van der Waals surface area contributed by atoms with E-state index in [9.17, 15) is 4.79 Å². The van der Waals surface area contributed by atoms with Crippen LogP contribution in [0, 0.1) is 0 Å². The van der Waals surface area contributed by atoms with E-state index < -0.39 is 0 Å². The maximum atomic E-state index is 12.6. The summed E-state index contributed by atoms with van der Waals surface area (Å²) in [6, 6.07) is 17.2. The molecule has 3 aromatic rings. The highest BCUT2D eigenvalue weighted by Crippen LogP contribution is 2.29. The fourth-order valence-electron chi connectivity index (χ4n) is 3.99. The van der Waals surface area contributed by atoms with Gasteiger partial charge in [-0.2, -0.15) is 0 Å². The minimum Gasteiger partial charge on any atom is -0.497 e. The number of para-hydroxylation sites is 2. The molecule has 162 valence electrons. The van der Waals surface area contributed by atoms with E-state index in [1.807, 2.05) is 24.3 Å². The summed E-state index contributed by atoms with van der Waals surface area (Å²) < 4.78 is 16.0. The highest BCUT2D eigenvalue weighted by atomic mass is 16.5. The van der Waals surface area contributed by atoms with E-state index in [1.165, 1.54) is 5.56 Å². The summed E-state index contributed by atoms with van der Waals surface area (Å²) in [5, 5.41) is 7.03. The van der Waals surface area contributed by atoms with Gasteiger partial charge in [-0.15, -0.1) is 0 Å². The smallest absolute Gasteiger partial charge is 0.294 e. The van der Waals surface area contributed by atoms with Gasteiger partial charge in [-0.1, -0.05) is 29.4 Å². The van der Waals surface area contributed by atoms with E-state index >= 15 is 0 Å². The molecule has 7 nitrogen and oxygen atoms in total. The Bertz CT molecular complexity index is 1030. The summed E-state index contributed by atoms with van der Waals surface area (Å²) in [7, 11) is 3.25. The molecule has 1 aliphatic heterocycles. The van der Waals surface area contributed by atoms with Crippen molar-refractivity contribution < 1.29 is 18.8 Å². The molecule has 2 heterocycles. The van der Waals surface area contributed by atoms with Crippen LogP contribution in [0.4, 0.5) is 5.69 Å². The van der Waals surface area contributed by atoms with E-state index in [4.69, 9.17) is 14.0 Å². The number of carbonyl (C=O) groups excluding carboxylic acids is 1. The number of carbonyl (C=O) groups is 1. The summed E-state index contributed by atoms with van der Waals surface area (Å²) in [5.74, 6) is 1.55. The number of hydrogen-bond donors (Lipinski definition) is 1. The van der Waals surface area contributed by atoms with Crippen LogP contribution in [0.2, 0.25) is 0 Å². The van der Waals surface area contributed by atoms with Gasteiger partial charge in [0.05, 0.1) is 25.6 Å². The highest BCUT2D eigenvalue weighted by molar-refractivity contribution is 6.03. The first-order chi connectivity index (χ1) is 15.2. The van der Waals surface area contributed by atoms with Gasteiger partial charge in [-0.3, -0.25) is 9.69 Å². The van der Waals surface area contributed by atoms with E-state index in [0.717, 1.165) is 43.9 Å². The molecule has 0 radical (unpaired) electrons. The number of nitrogens with zero attached hydrogens (tertiary/aromatic N) is 2. The van der Waals surface area contributed by atoms with E-state index in [2.05, 4.69) is 27.5 Å². The zero-order chi connectivity index (χ0) is 21.6. The van der Waals surface area contributed by atoms with Crippen LogP contribution < -0.4 is 14.8 Å². The van der Waals surface area contributed by atoms with Crippen molar-refractivity contribution in [1.82, 2.24) is 10.1 Å². The number of aromatic nitrogens is 1. The van der Waals surface area contributed by atoms with Crippen LogP contribution in [0.3, 0.4) is 0 Å². The van der Waals surface area contributed by atoms with Crippen molar-refractivity contribution in [2.75, 3.05) is 32.6 Å². The molecule has 1 N–H and O–H groups in total. The van der Waals surface area contributed by atoms with Crippen LogP contribution in [0.5, 0.6) is 11.5 Å². The summed E-state index contributed by atoms with van der Waals surface area (Å²) >= 11 is 0. The molecule has 0 spiro atoms. The molecule has 2 aromatic carbocycles. The van der Waals surface area contributed by atoms with Gasteiger partial charge in [-0.25, -0.2) is 0 Å². The molecule has 7 heteroatoms. The van der Waals surface area contributed by atoms with E-state index in [-0.39, 0.29) is 17.6 Å².